The van der Waals surface area contributed by atoms with Crippen molar-refractivity contribution in [1.29, 1.82) is 0 Å². The van der Waals surface area contributed by atoms with Gasteiger partial charge in [-0.2, -0.15) is 0 Å². The lowest BCUT2D eigenvalue weighted by Gasteiger charge is -2.26. The van der Waals surface area contributed by atoms with E-state index in [0.717, 1.165) is 10.0 Å². The first-order chi connectivity index (χ1) is 12.5. The van der Waals surface area contributed by atoms with Gasteiger partial charge in [-0.1, -0.05) is 46.3 Å². The maximum atomic E-state index is 12.9. The molecule has 0 aliphatic carbocycles. The molecule has 6 heteroatoms. The van der Waals surface area contributed by atoms with Gasteiger partial charge in [0, 0.05) is 17.9 Å². The summed E-state index contributed by atoms with van der Waals surface area (Å²) in [7, 11) is 0. The lowest BCUT2D eigenvalue weighted by molar-refractivity contribution is -0.136. The van der Waals surface area contributed by atoms with Crippen molar-refractivity contribution in [2.45, 2.75) is 25.8 Å². The van der Waals surface area contributed by atoms with Crippen LogP contribution in [0, 0.1) is 0 Å². The van der Waals surface area contributed by atoms with E-state index in [-0.39, 0.29) is 24.1 Å². The minimum Gasteiger partial charge on any atom is -0.330 e. The van der Waals surface area contributed by atoms with Crippen molar-refractivity contribution in [1.82, 2.24) is 4.90 Å². The molecule has 1 fully saturated rings. The molecule has 0 saturated carbocycles. The van der Waals surface area contributed by atoms with Crippen molar-refractivity contribution in [2.24, 2.45) is 0 Å². The molecule has 0 aromatic heterocycles. The molecule has 0 bridgehead atoms. The molecular formula is C20H19BrN2O3. The molecule has 0 spiro atoms. The van der Waals surface area contributed by atoms with E-state index in [1.54, 1.807) is 24.3 Å². The number of imide groups is 1. The van der Waals surface area contributed by atoms with Gasteiger partial charge in [0.15, 0.2) is 0 Å². The largest absolute Gasteiger partial charge is 0.330 e. The Morgan fingerprint density at radius 1 is 1.12 bits per heavy atom. The van der Waals surface area contributed by atoms with Crippen LogP contribution >= 0.6 is 15.9 Å². The van der Waals surface area contributed by atoms with Crippen molar-refractivity contribution in [3.8, 4) is 0 Å². The number of rotatable bonds is 5. The molecule has 0 N–H and O–H groups in total. The van der Waals surface area contributed by atoms with Gasteiger partial charge in [-0.25, -0.2) is 4.90 Å². The minimum atomic E-state index is -0.743. The van der Waals surface area contributed by atoms with E-state index >= 15 is 0 Å². The van der Waals surface area contributed by atoms with Crippen LogP contribution < -0.4 is 4.90 Å². The molecule has 3 rings (SSSR count). The Bertz CT molecular complexity index is 821. The Labute approximate surface area is 160 Å². The first kappa shape index (κ1) is 18.3. The van der Waals surface area contributed by atoms with Crippen LogP contribution in [-0.4, -0.2) is 35.2 Å². The van der Waals surface area contributed by atoms with E-state index in [1.165, 1.54) is 16.7 Å². The summed E-state index contributed by atoms with van der Waals surface area (Å²) in [4.78, 5) is 40.1. The summed E-state index contributed by atoms with van der Waals surface area (Å²) in [6.45, 7) is 1.84. The smallest absolute Gasteiger partial charge is 0.257 e. The van der Waals surface area contributed by atoms with E-state index in [1.807, 2.05) is 30.3 Å². The Balaban J connectivity index is 1.77. The van der Waals surface area contributed by atoms with E-state index in [0.29, 0.717) is 18.7 Å². The first-order valence-corrected chi connectivity index (χ1v) is 9.20. The van der Waals surface area contributed by atoms with Crippen molar-refractivity contribution >= 4 is 39.3 Å². The van der Waals surface area contributed by atoms with Gasteiger partial charge in [0.05, 0.1) is 12.1 Å². The lowest BCUT2D eigenvalue weighted by atomic mass is 10.1. The van der Waals surface area contributed by atoms with E-state index in [2.05, 4.69) is 15.9 Å². The van der Waals surface area contributed by atoms with Gasteiger partial charge in [-0.3, -0.25) is 14.4 Å². The van der Waals surface area contributed by atoms with Gasteiger partial charge in [0.2, 0.25) is 11.8 Å². The fourth-order valence-corrected chi connectivity index (χ4v) is 3.41. The Hall–Kier alpha value is -2.47. The molecule has 26 heavy (non-hydrogen) atoms. The topological polar surface area (TPSA) is 57.7 Å². The number of amides is 3. The fraction of sp³-hybridized carbons (Fsp3) is 0.250. The van der Waals surface area contributed by atoms with Crippen molar-refractivity contribution in [3.05, 3.63) is 64.6 Å². The molecule has 1 aliphatic rings. The zero-order valence-corrected chi connectivity index (χ0v) is 16.0. The highest BCUT2D eigenvalue weighted by atomic mass is 79.9. The third-order valence-corrected chi connectivity index (χ3v) is 5.00. The first-order valence-electron chi connectivity index (χ1n) is 8.41. The van der Waals surface area contributed by atoms with Crippen LogP contribution in [0.1, 0.15) is 18.9 Å². The summed E-state index contributed by atoms with van der Waals surface area (Å²) in [5, 5.41) is 0. The molecule has 5 nitrogen and oxygen atoms in total. The highest BCUT2D eigenvalue weighted by molar-refractivity contribution is 9.10. The number of halogens is 1. The Kier molecular flexibility index (Phi) is 5.52. The summed E-state index contributed by atoms with van der Waals surface area (Å²) in [6, 6.07) is 16.0. The van der Waals surface area contributed by atoms with Gasteiger partial charge in [0.1, 0.15) is 6.04 Å². The van der Waals surface area contributed by atoms with Crippen molar-refractivity contribution in [2.75, 3.05) is 11.4 Å². The zero-order chi connectivity index (χ0) is 18.7. The number of hydrogen-bond acceptors (Lipinski definition) is 3. The van der Waals surface area contributed by atoms with Crippen LogP contribution in [0.25, 0.3) is 0 Å². The molecule has 2 aromatic rings. The summed E-state index contributed by atoms with van der Waals surface area (Å²) in [6.07, 6.45) is 0.653. The molecule has 1 saturated heterocycles. The third kappa shape index (κ3) is 3.85. The Morgan fingerprint density at radius 3 is 2.38 bits per heavy atom. The molecule has 3 amide bonds. The van der Waals surface area contributed by atoms with Gasteiger partial charge in [-0.05, 0) is 36.2 Å². The number of anilines is 1. The molecule has 0 radical (unpaired) electrons. The number of nitrogens with zero attached hydrogens (tertiary/aromatic N) is 2. The Morgan fingerprint density at radius 2 is 1.77 bits per heavy atom. The number of carbonyl (C=O) groups is 3. The summed E-state index contributed by atoms with van der Waals surface area (Å²) in [5.41, 5.74) is 1.61. The fourth-order valence-electron chi connectivity index (χ4n) is 3.15. The normalized spacial score (nSPS) is 16.8. The highest BCUT2D eigenvalue weighted by Gasteiger charge is 2.43. The van der Waals surface area contributed by atoms with Gasteiger partial charge < -0.3 is 4.90 Å². The monoisotopic (exact) mass is 414 g/mol. The van der Waals surface area contributed by atoms with Crippen LogP contribution in [-0.2, 0) is 20.8 Å². The van der Waals surface area contributed by atoms with Crippen LogP contribution in [0.15, 0.2) is 59.1 Å². The van der Waals surface area contributed by atoms with Crippen LogP contribution in [0.5, 0.6) is 0 Å². The quantitative estimate of drug-likeness (QED) is 0.705. The number of benzene rings is 2. The summed E-state index contributed by atoms with van der Waals surface area (Å²) in [5.74, 6) is -0.835. The minimum absolute atomic E-state index is 0.0171. The molecule has 2 aromatic carbocycles. The average Bonchev–Trinajstić information content (AvgIpc) is 2.91. The highest BCUT2D eigenvalue weighted by Crippen LogP contribution is 2.27. The van der Waals surface area contributed by atoms with Crippen molar-refractivity contribution < 1.29 is 14.4 Å². The third-order valence-electron chi connectivity index (χ3n) is 4.47. The van der Waals surface area contributed by atoms with Crippen LogP contribution in [0.2, 0.25) is 0 Å². The molecule has 1 atom stereocenters. The maximum absolute atomic E-state index is 12.9. The second-order valence-corrected chi connectivity index (χ2v) is 7.13. The predicted octanol–water partition coefficient (Wildman–Crippen LogP) is 3.17. The second kappa shape index (κ2) is 7.83. The van der Waals surface area contributed by atoms with Crippen LogP contribution in [0.3, 0.4) is 0 Å². The van der Waals surface area contributed by atoms with Gasteiger partial charge >= 0.3 is 0 Å². The molecule has 1 aliphatic heterocycles. The second-order valence-electron chi connectivity index (χ2n) is 6.21. The van der Waals surface area contributed by atoms with E-state index < -0.39 is 6.04 Å². The summed E-state index contributed by atoms with van der Waals surface area (Å²) >= 11 is 3.34. The SMILES string of the molecule is CC(=O)N(CCc1ccccc1)C1CC(=O)N(c2ccc(Br)cc2)C1=O. The zero-order valence-electron chi connectivity index (χ0n) is 14.4. The molecular weight excluding hydrogens is 396 g/mol. The van der Waals surface area contributed by atoms with Gasteiger partial charge in [-0.15, -0.1) is 0 Å². The molecule has 134 valence electrons. The van der Waals surface area contributed by atoms with Crippen LogP contribution in [0.4, 0.5) is 5.69 Å². The van der Waals surface area contributed by atoms with Gasteiger partial charge in [0.25, 0.3) is 5.91 Å². The molecule has 1 heterocycles. The number of hydrogen-bond donors (Lipinski definition) is 0. The summed E-state index contributed by atoms with van der Waals surface area (Å²) < 4.78 is 0.866. The van der Waals surface area contributed by atoms with E-state index in [4.69, 9.17) is 0 Å². The standard InChI is InChI=1S/C20H19BrN2O3/c1-14(24)22(12-11-15-5-3-2-4-6-15)18-13-19(25)23(20(18)26)17-9-7-16(21)8-10-17/h2-10,18H,11-13H2,1H3. The number of carbonyl (C=O) groups excluding carboxylic acids is 3. The van der Waals surface area contributed by atoms with E-state index in [9.17, 15) is 14.4 Å². The molecule has 1 unspecified atom stereocenters. The maximum Gasteiger partial charge on any atom is 0.257 e. The average molecular weight is 415 g/mol. The van der Waals surface area contributed by atoms with Crippen molar-refractivity contribution in [3.63, 3.8) is 0 Å². The lowest BCUT2D eigenvalue weighted by Crippen LogP contribution is -2.45. The predicted molar refractivity (Wildman–Crippen MR) is 103 cm³/mol.